The number of benzene rings is 1. The molecule has 1 heterocycles. The van der Waals surface area contributed by atoms with Gasteiger partial charge in [0.1, 0.15) is 5.76 Å². The largest absolute Gasteiger partial charge is 0.469 e. The third-order valence-electron chi connectivity index (χ3n) is 4.34. The molecule has 1 saturated carbocycles. The van der Waals surface area contributed by atoms with Gasteiger partial charge in [-0.05, 0) is 44.2 Å². The van der Waals surface area contributed by atoms with Crippen molar-refractivity contribution in [3.63, 3.8) is 0 Å². The van der Waals surface area contributed by atoms with Gasteiger partial charge in [0.2, 0.25) is 0 Å². The molecule has 0 saturated heterocycles. The first-order valence-electron chi connectivity index (χ1n) is 7.56. The fourth-order valence-corrected chi connectivity index (χ4v) is 2.78. The number of aryl methyl sites for hydroxylation is 1. The zero-order valence-electron chi connectivity index (χ0n) is 12.6. The molecule has 1 aliphatic carbocycles. The maximum Gasteiger partial charge on any atom is 0.257 e. The van der Waals surface area contributed by atoms with Crippen molar-refractivity contribution >= 4 is 5.91 Å². The van der Waals surface area contributed by atoms with E-state index in [1.54, 1.807) is 12.3 Å². The Morgan fingerprint density at radius 3 is 2.57 bits per heavy atom. The summed E-state index contributed by atoms with van der Waals surface area (Å²) in [6.07, 6.45) is 4.04. The highest BCUT2D eigenvalue weighted by atomic mass is 16.3. The van der Waals surface area contributed by atoms with Crippen molar-refractivity contribution in [2.75, 3.05) is 0 Å². The Hall–Kier alpha value is -2.03. The minimum atomic E-state index is 0.0736. The summed E-state index contributed by atoms with van der Waals surface area (Å²) >= 11 is 0. The van der Waals surface area contributed by atoms with E-state index in [2.05, 4.69) is 19.1 Å². The highest BCUT2D eigenvalue weighted by molar-refractivity contribution is 5.95. The van der Waals surface area contributed by atoms with Crippen LogP contribution in [0.5, 0.6) is 0 Å². The zero-order valence-corrected chi connectivity index (χ0v) is 12.6. The summed E-state index contributed by atoms with van der Waals surface area (Å²) in [5, 5.41) is 0. The SMILES string of the molecule is Cc1occc1C(=O)N(Cc1ccccc1)C(C)C1CC1. The molecule has 0 spiro atoms. The van der Waals surface area contributed by atoms with Gasteiger partial charge in [0.15, 0.2) is 0 Å². The van der Waals surface area contributed by atoms with Crippen LogP contribution in [0.1, 0.15) is 41.4 Å². The standard InChI is InChI=1S/C18H21NO2/c1-13(16-8-9-16)19(12-15-6-4-3-5-7-15)18(20)17-10-11-21-14(17)2/h3-7,10-11,13,16H,8-9,12H2,1-2H3. The predicted octanol–water partition coefficient (Wildman–Crippen LogP) is 4.03. The minimum Gasteiger partial charge on any atom is -0.469 e. The van der Waals surface area contributed by atoms with Gasteiger partial charge >= 0.3 is 0 Å². The van der Waals surface area contributed by atoms with Crippen molar-refractivity contribution in [3.8, 4) is 0 Å². The molecule has 3 rings (SSSR count). The summed E-state index contributed by atoms with van der Waals surface area (Å²) in [5.41, 5.74) is 1.85. The first kappa shape index (κ1) is 13.9. The molecule has 1 aliphatic rings. The maximum atomic E-state index is 12.9. The Kier molecular flexibility index (Phi) is 3.82. The maximum absolute atomic E-state index is 12.9. The van der Waals surface area contributed by atoms with Crippen LogP contribution in [0.2, 0.25) is 0 Å². The fraction of sp³-hybridized carbons (Fsp3) is 0.389. The molecule has 1 atom stereocenters. The van der Waals surface area contributed by atoms with Gasteiger partial charge in [-0.1, -0.05) is 30.3 Å². The third-order valence-corrected chi connectivity index (χ3v) is 4.34. The second kappa shape index (κ2) is 5.76. The number of amides is 1. The van der Waals surface area contributed by atoms with Crippen molar-refractivity contribution in [2.45, 2.75) is 39.3 Å². The highest BCUT2D eigenvalue weighted by Crippen LogP contribution is 2.36. The van der Waals surface area contributed by atoms with Crippen LogP contribution in [0.3, 0.4) is 0 Å². The Bertz CT molecular complexity index is 613. The molecule has 1 aromatic heterocycles. The number of hydrogen-bond donors (Lipinski definition) is 0. The van der Waals surface area contributed by atoms with Crippen LogP contribution < -0.4 is 0 Å². The van der Waals surface area contributed by atoms with Gasteiger partial charge in [-0.2, -0.15) is 0 Å². The van der Waals surface area contributed by atoms with Crippen LogP contribution in [0, 0.1) is 12.8 Å². The van der Waals surface area contributed by atoms with E-state index < -0.39 is 0 Å². The van der Waals surface area contributed by atoms with Crippen LogP contribution in [-0.4, -0.2) is 16.8 Å². The fourth-order valence-electron chi connectivity index (χ4n) is 2.78. The van der Waals surface area contributed by atoms with Crippen LogP contribution in [0.4, 0.5) is 0 Å². The molecule has 1 aromatic carbocycles. The van der Waals surface area contributed by atoms with Gasteiger partial charge < -0.3 is 9.32 Å². The number of carbonyl (C=O) groups is 1. The minimum absolute atomic E-state index is 0.0736. The summed E-state index contributed by atoms with van der Waals surface area (Å²) in [7, 11) is 0. The summed E-state index contributed by atoms with van der Waals surface area (Å²) in [6.45, 7) is 4.66. The van der Waals surface area contributed by atoms with E-state index in [0.29, 0.717) is 23.8 Å². The van der Waals surface area contributed by atoms with E-state index in [9.17, 15) is 4.79 Å². The summed E-state index contributed by atoms with van der Waals surface area (Å²) in [4.78, 5) is 14.9. The number of furan rings is 1. The van der Waals surface area contributed by atoms with Gasteiger partial charge in [-0.3, -0.25) is 4.79 Å². The van der Waals surface area contributed by atoms with Crippen LogP contribution in [0.25, 0.3) is 0 Å². The highest BCUT2D eigenvalue weighted by Gasteiger charge is 2.35. The Morgan fingerprint density at radius 2 is 2.00 bits per heavy atom. The van der Waals surface area contributed by atoms with Gasteiger partial charge in [-0.25, -0.2) is 0 Å². The van der Waals surface area contributed by atoms with Gasteiger partial charge in [0.25, 0.3) is 5.91 Å². The zero-order chi connectivity index (χ0) is 14.8. The van der Waals surface area contributed by atoms with Crippen molar-refractivity contribution in [3.05, 3.63) is 59.5 Å². The topological polar surface area (TPSA) is 33.5 Å². The summed E-state index contributed by atoms with van der Waals surface area (Å²) < 4.78 is 5.29. The molecule has 110 valence electrons. The van der Waals surface area contributed by atoms with E-state index in [-0.39, 0.29) is 11.9 Å². The second-order valence-corrected chi connectivity index (χ2v) is 5.89. The molecule has 0 aliphatic heterocycles. The van der Waals surface area contributed by atoms with Crippen molar-refractivity contribution in [2.24, 2.45) is 5.92 Å². The molecule has 0 radical (unpaired) electrons. The Morgan fingerprint density at radius 1 is 1.29 bits per heavy atom. The molecular formula is C18H21NO2. The molecule has 0 bridgehead atoms. The van der Waals surface area contributed by atoms with Crippen LogP contribution in [-0.2, 0) is 6.54 Å². The molecule has 1 fully saturated rings. The molecule has 1 amide bonds. The number of rotatable bonds is 5. The number of nitrogens with zero attached hydrogens (tertiary/aromatic N) is 1. The van der Waals surface area contributed by atoms with E-state index in [1.807, 2.05) is 30.0 Å². The quantitative estimate of drug-likeness (QED) is 0.830. The second-order valence-electron chi connectivity index (χ2n) is 5.89. The first-order valence-corrected chi connectivity index (χ1v) is 7.56. The molecular weight excluding hydrogens is 262 g/mol. The average molecular weight is 283 g/mol. The van der Waals surface area contributed by atoms with Crippen LogP contribution in [0.15, 0.2) is 47.1 Å². The smallest absolute Gasteiger partial charge is 0.257 e. The van der Waals surface area contributed by atoms with E-state index >= 15 is 0 Å². The van der Waals surface area contributed by atoms with Gasteiger partial charge in [0.05, 0.1) is 11.8 Å². The lowest BCUT2D eigenvalue weighted by molar-refractivity contribution is 0.0652. The molecule has 3 nitrogen and oxygen atoms in total. The first-order chi connectivity index (χ1) is 10.2. The molecule has 3 heteroatoms. The van der Waals surface area contributed by atoms with E-state index in [1.165, 1.54) is 18.4 Å². The monoisotopic (exact) mass is 283 g/mol. The van der Waals surface area contributed by atoms with E-state index in [0.717, 1.165) is 0 Å². The molecule has 2 aromatic rings. The normalized spacial score (nSPS) is 15.7. The summed E-state index contributed by atoms with van der Waals surface area (Å²) in [6, 6.07) is 12.2. The van der Waals surface area contributed by atoms with Crippen LogP contribution >= 0.6 is 0 Å². The molecule has 0 N–H and O–H groups in total. The van der Waals surface area contributed by atoms with Gasteiger partial charge in [-0.15, -0.1) is 0 Å². The molecule has 21 heavy (non-hydrogen) atoms. The van der Waals surface area contributed by atoms with Crippen molar-refractivity contribution < 1.29 is 9.21 Å². The third kappa shape index (κ3) is 3.02. The lowest BCUT2D eigenvalue weighted by atomic mass is 10.1. The lowest BCUT2D eigenvalue weighted by Crippen LogP contribution is -2.39. The average Bonchev–Trinajstić information content (AvgIpc) is 3.26. The molecule has 1 unspecified atom stereocenters. The summed E-state index contributed by atoms with van der Waals surface area (Å²) in [5.74, 6) is 1.41. The van der Waals surface area contributed by atoms with Gasteiger partial charge in [0, 0.05) is 12.6 Å². The predicted molar refractivity (Wildman–Crippen MR) is 81.9 cm³/mol. The van der Waals surface area contributed by atoms with Crippen molar-refractivity contribution in [1.82, 2.24) is 4.90 Å². The van der Waals surface area contributed by atoms with Crippen molar-refractivity contribution in [1.29, 1.82) is 0 Å². The Balaban J connectivity index is 1.85. The Labute approximate surface area is 125 Å². The number of carbonyl (C=O) groups excluding carboxylic acids is 1. The number of hydrogen-bond acceptors (Lipinski definition) is 2. The van der Waals surface area contributed by atoms with E-state index in [4.69, 9.17) is 4.42 Å². The lowest BCUT2D eigenvalue weighted by Gasteiger charge is -2.29.